The molecule has 0 atom stereocenters. The summed E-state index contributed by atoms with van der Waals surface area (Å²) in [4.78, 5) is 10.6. The molecule has 74 valence electrons. The second-order valence-electron chi connectivity index (χ2n) is 3.63. The Bertz CT molecular complexity index is 330. The van der Waals surface area contributed by atoms with Crippen LogP contribution in [-0.2, 0) is 4.79 Å². The van der Waals surface area contributed by atoms with Crippen molar-refractivity contribution < 1.29 is 15.0 Å². The predicted molar refractivity (Wildman–Crippen MR) is 50.0 cm³/mol. The molecule has 1 rings (SSSR count). The molecule has 0 unspecified atom stereocenters. The number of hydrogen-bond donors (Lipinski definition) is 1. The largest absolute Gasteiger partial charge is 0.851 e. The third-order valence-electron chi connectivity index (χ3n) is 1.88. The lowest BCUT2D eigenvalue weighted by Crippen LogP contribution is -2.23. The van der Waals surface area contributed by atoms with Crippen LogP contribution in [-0.4, -0.2) is 11.1 Å². The first-order chi connectivity index (χ1) is 6.52. The molecule has 0 heterocycles. The molecule has 0 saturated carbocycles. The molecule has 0 amide bonds. The van der Waals surface area contributed by atoms with Gasteiger partial charge in [-0.2, -0.15) is 0 Å². The Morgan fingerprint density at radius 2 is 2.36 bits per heavy atom. The number of rotatable bonds is 3. The van der Waals surface area contributed by atoms with Crippen molar-refractivity contribution in [2.45, 2.75) is 20.3 Å². The maximum Gasteiger partial charge on any atom is 0.393 e. The molecule has 0 aromatic heterocycles. The Labute approximate surface area is 83.1 Å². The topological polar surface area (TPSA) is 60.4 Å². The summed E-state index contributed by atoms with van der Waals surface area (Å²) in [7, 11) is 0. The van der Waals surface area contributed by atoms with E-state index in [-0.39, 0.29) is 11.7 Å². The van der Waals surface area contributed by atoms with Crippen LogP contribution < -0.4 is 5.11 Å². The molecule has 0 radical (unpaired) electrons. The summed E-state index contributed by atoms with van der Waals surface area (Å²) in [6.07, 6.45) is 3.37. The van der Waals surface area contributed by atoms with Gasteiger partial charge in [0, 0.05) is 17.9 Å². The van der Waals surface area contributed by atoms with E-state index in [1.54, 1.807) is 6.08 Å². The van der Waals surface area contributed by atoms with Crippen LogP contribution in [0.2, 0.25) is 0 Å². The van der Waals surface area contributed by atoms with Crippen LogP contribution in [0.4, 0.5) is 0 Å². The van der Waals surface area contributed by atoms with Crippen molar-refractivity contribution in [2.75, 3.05) is 0 Å². The van der Waals surface area contributed by atoms with Crippen LogP contribution in [0.5, 0.6) is 0 Å². The van der Waals surface area contributed by atoms with Crippen molar-refractivity contribution in [3.05, 3.63) is 35.1 Å². The molecule has 1 N–H and O–H groups in total. The summed E-state index contributed by atoms with van der Waals surface area (Å²) in [5.41, 5.74) is 3.20. The lowest BCUT2D eigenvalue weighted by atomic mass is 9.93. The molecule has 0 aromatic carbocycles. The predicted octanol–water partition coefficient (Wildman–Crippen LogP) is 1.03. The van der Waals surface area contributed by atoms with Crippen LogP contribution in [0.1, 0.15) is 20.3 Å². The summed E-state index contributed by atoms with van der Waals surface area (Å²) in [6, 6.07) is 0. The first-order valence-corrected chi connectivity index (χ1v) is 4.45. The highest BCUT2D eigenvalue weighted by atomic mass is 16.4. The number of carbonyl (C=O) groups is 1. The van der Waals surface area contributed by atoms with Crippen LogP contribution in [0.15, 0.2) is 29.2 Å². The van der Waals surface area contributed by atoms with E-state index in [1.165, 1.54) is 6.08 Å². The lowest BCUT2D eigenvalue weighted by Gasteiger charge is -2.15. The highest BCUT2D eigenvalue weighted by Crippen LogP contribution is 2.23. The zero-order chi connectivity index (χ0) is 10.7. The first kappa shape index (κ1) is 10.5. The molecule has 0 spiro atoms. The van der Waals surface area contributed by atoms with Crippen LogP contribution >= 0.6 is 0 Å². The summed E-state index contributed by atoms with van der Waals surface area (Å²) in [6.45, 7) is 3.96. The average molecular weight is 192 g/mol. The number of carboxylic acids is 1. The van der Waals surface area contributed by atoms with Gasteiger partial charge in [0.05, 0.1) is 5.57 Å². The lowest BCUT2D eigenvalue weighted by molar-refractivity contribution is -0.302. The Hall–Kier alpha value is -1.60. The van der Waals surface area contributed by atoms with E-state index in [1.807, 2.05) is 13.8 Å². The van der Waals surface area contributed by atoms with Gasteiger partial charge in [-0.25, -0.2) is 4.79 Å². The van der Waals surface area contributed by atoms with Gasteiger partial charge in [-0.3, -0.25) is 0 Å². The maximum atomic E-state index is 11.5. The zero-order valence-electron chi connectivity index (χ0n) is 8.20. The van der Waals surface area contributed by atoms with Crippen LogP contribution in [0.25, 0.3) is 0 Å². The minimum atomic E-state index is -1.18. The van der Waals surface area contributed by atoms with Crippen LogP contribution in [0.3, 0.4) is 0 Å². The van der Waals surface area contributed by atoms with Crippen molar-refractivity contribution in [3.63, 3.8) is 0 Å². The molecule has 1 aliphatic rings. The summed E-state index contributed by atoms with van der Waals surface area (Å²) in [5.74, 6) is -1.43. The Balaban J connectivity index is 2.94. The second-order valence-corrected chi connectivity index (χ2v) is 3.63. The molecule has 0 aliphatic heterocycles. The molecule has 1 aliphatic carbocycles. The zero-order valence-corrected chi connectivity index (χ0v) is 8.20. The molecular formula is C11H12O3. The van der Waals surface area contributed by atoms with Gasteiger partial charge in [0.25, 0.3) is 0 Å². The molecule has 0 bridgehead atoms. The normalized spacial score (nSPS) is 15.5. The van der Waals surface area contributed by atoms with Gasteiger partial charge in [-0.1, -0.05) is 13.8 Å². The van der Waals surface area contributed by atoms with E-state index in [9.17, 15) is 9.90 Å². The fraction of sp³-hybridized carbons (Fsp3) is 0.364. The van der Waals surface area contributed by atoms with Gasteiger partial charge in [-0.15, -0.1) is 0 Å². The monoisotopic (exact) mass is 192 g/mol. The third kappa shape index (κ3) is 2.21. The fourth-order valence-electron chi connectivity index (χ4n) is 1.28. The second kappa shape index (κ2) is 4.07. The van der Waals surface area contributed by atoms with Crippen molar-refractivity contribution in [2.24, 2.45) is 5.92 Å². The molecule has 0 fully saturated rings. The number of hydrogen-bond acceptors (Lipinski definition) is 2. The average Bonchev–Trinajstić information content (AvgIpc) is 2.07. The van der Waals surface area contributed by atoms with Gasteiger partial charge < -0.3 is 10.2 Å². The minimum absolute atomic E-state index is 0.192. The molecule has 3 nitrogen and oxygen atoms in total. The highest BCUT2D eigenvalue weighted by Gasteiger charge is 2.26. The molecule has 0 saturated heterocycles. The van der Waals surface area contributed by atoms with E-state index in [2.05, 4.69) is 5.73 Å². The Morgan fingerprint density at radius 3 is 2.86 bits per heavy atom. The summed E-state index contributed by atoms with van der Waals surface area (Å²) >= 11 is 0. The molecule has 14 heavy (non-hydrogen) atoms. The minimum Gasteiger partial charge on any atom is -0.851 e. The number of aliphatic carboxylic acids is 1. The first-order valence-electron chi connectivity index (χ1n) is 4.45. The van der Waals surface area contributed by atoms with E-state index < -0.39 is 5.97 Å². The third-order valence-corrected chi connectivity index (χ3v) is 1.88. The van der Waals surface area contributed by atoms with E-state index in [0.29, 0.717) is 17.9 Å². The van der Waals surface area contributed by atoms with Crippen molar-refractivity contribution in [1.29, 1.82) is 0 Å². The van der Waals surface area contributed by atoms with Gasteiger partial charge >= 0.3 is 5.97 Å². The number of carboxylic acid groups (broad SMARTS) is 1. The fourth-order valence-corrected chi connectivity index (χ4v) is 1.28. The van der Waals surface area contributed by atoms with E-state index in [0.717, 1.165) is 0 Å². The van der Waals surface area contributed by atoms with Gasteiger partial charge in [0.1, 0.15) is 12.2 Å². The van der Waals surface area contributed by atoms with Crippen molar-refractivity contribution in [1.82, 2.24) is 0 Å². The standard InChI is InChI=1S/C11H12O3/c1-7(2)6-8-4-3-5-9(10(8)12)11(13)14/h4-5,7H,6H2,1-2H3,(H-,12,13,14). The van der Waals surface area contributed by atoms with E-state index in [4.69, 9.17) is 5.11 Å². The van der Waals surface area contributed by atoms with Gasteiger partial charge in [0.15, 0.2) is 5.92 Å². The summed E-state index contributed by atoms with van der Waals surface area (Å²) in [5, 5.41) is 20.2. The van der Waals surface area contributed by atoms with Crippen LogP contribution in [0, 0.1) is 11.8 Å². The molecular weight excluding hydrogens is 180 g/mol. The summed E-state index contributed by atoms with van der Waals surface area (Å²) < 4.78 is 0. The van der Waals surface area contributed by atoms with Crippen molar-refractivity contribution >= 4 is 5.97 Å². The Morgan fingerprint density at radius 1 is 1.71 bits per heavy atom. The molecule has 0 aromatic rings. The van der Waals surface area contributed by atoms with Gasteiger partial charge in [-0.05, 0) is 5.92 Å². The SMILES string of the molecule is CC(C)CC1=C([O-])[C+](C(=O)O)C=C=C1. The van der Waals surface area contributed by atoms with E-state index >= 15 is 0 Å². The quantitative estimate of drug-likeness (QED) is 0.536. The van der Waals surface area contributed by atoms with Crippen molar-refractivity contribution in [3.8, 4) is 0 Å². The Kier molecular flexibility index (Phi) is 3.05. The van der Waals surface area contributed by atoms with Gasteiger partial charge in [0.2, 0.25) is 0 Å². The number of allylic oxidation sites excluding steroid dienone is 1. The maximum absolute atomic E-state index is 11.5. The smallest absolute Gasteiger partial charge is 0.393 e. The highest BCUT2D eigenvalue weighted by molar-refractivity contribution is 5.90. The molecule has 3 heteroatoms.